The number of hydrogen-bond acceptors (Lipinski definition) is 7. The van der Waals surface area contributed by atoms with Crippen LogP contribution >= 0.6 is 11.6 Å². The number of fused-ring (bicyclic) bond motifs is 1. The molecule has 3 rings (SSSR count). The second-order valence-corrected chi connectivity index (χ2v) is 6.97. The van der Waals surface area contributed by atoms with Crippen LogP contribution in [0.25, 0.3) is 10.9 Å². The molecule has 0 saturated carbocycles. The van der Waals surface area contributed by atoms with Gasteiger partial charge in [0.2, 0.25) is 0 Å². The summed E-state index contributed by atoms with van der Waals surface area (Å²) in [6.07, 6.45) is 0. The lowest BCUT2D eigenvalue weighted by atomic mass is 10.2. The number of H-pyrrole nitrogens is 1. The lowest BCUT2D eigenvalue weighted by molar-refractivity contribution is 0.444. The largest absolute Gasteiger partial charge is 0.505 e. The summed E-state index contributed by atoms with van der Waals surface area (Å²) < 4.78 is 31.6. The van der Waals surface area contributed by atoms with Crippen LogP contribution in [0.15, 0.2) is 56.3 Å². The summed E-state index contributed by atoms with van der Waals surface area (Å²) in [5, 5.41) is 27.5. The number of aromatic nitrogens is 1. The Morgan fingerprint density at radius 2 is 1.73 bits per heavy atom. The molecule has 0 radical (unpaired) electrons. The van der Waals surface area contributed by atoms with Crippen molar-refractivity contribution >= 4 is 44.0 Å². The van der Waals surface area contributed by atoms with E-state index in [4.69, 9.17) is 16.2 Å². The molecule has 26 heavy (non-hydrogen) atoms. The molecule has 0 saturated heterocycles. The molecule has 0 aliphatic heterocycles. The van der Waals surface area contributed by atoms with Crippen LogP contribution in [0.5, 0.6) is 11.5 Å². The van der Waals surface area contributed by atoms with Crippen LogP contribution in [0.2, 0.25) is 5.02 Å². The van der Waals surface area contributed by atoms with Gasteiger partial charge in [0.05, 0.1) is 5.52 Å². The molecule has 3 aromatic rings. The van der Waals surface area contributed by atoms with Gasteiger partial charge in [0.15, 0.2) is 17.2 Å². The highest BCUT2D eigenvalue weighted by molar-refractivity contribution is 7.86. The Hall–Kier alpha value is -2.95. The highest BCUT2D eigenvalue weighted by Crippen LogP contribution is 2.38. The first kappa shape index (κ1) is 17.9. The van der Waals surface area contributed by atoms with E-state index >= 15 is 0 Å². The van der Waals surface area contributed by atoms with Gasteiger partial charge in [0.1, 0.15) is 10.6 Å². The number of para-hydroxylation sites is 1. The smallest absolute Gasteiger partial charge is 0.298 e. The van der Waals surface area contributed by atoms with Crippen molar-refractivity contribution in [1.82, 2.24) is 4.98 Å². The number of azo groups is 1. The molecule has 0 bridgehead atoms. The molecule has 0 fully saturated rings. The maximum absolute atomic E-state index is 12.1. The summed E-state index contributed by atoms with van der Waals surface area (Å²) in [7, 11) is -4.76. The van der Waals surface area contributed by atoms with Gasteiger partial charge in [0, 0.05) is 10.4 Å². The molecular weight excluding hydrogens is 386 g/mol. The first-order valence-corrected chi connectivity index (χ1v) is 8.76. The summed E-state index contributed by atoms with van der Waals surface area (Å²) in [4.78, 5) is 13.7. The van der Waals surface area contributed by atoms with Gasteiger partial charge < -0.3 is 15.2 Å². The molecule has 0 unspecified atom stereocenters. The fraction of sp³-hybridized carbons (Fsp3) is 0. The molecule has 4 N–H and O–H groups in total. The van der Waals surface area contributed by atoms with Crippen molar-refractivity contribution in [2.75, 3.05) is 0 Å². The Bertz CT molecular complexity index is 1220. The number of benzene rings is 2. The fourth-order valence-electron chi connectivity index (χ4n) is 2.25. The van der Waals surface area contributed by atoms with E-state index < -0.39 is 43.4 Å². The van der Waals surface area contributed by atoms with Gasteiger partial charge in [-0.25, -0.2) is 0 Å². The maximum atomic E-state index is 12.1. The summed E-state index contributed by atoms with van der Waals surface area (Å²) in [5.74, 6) is -1.35. The average Bonchev–Trinajstić information content (AvgIpc) is 2.56. The van der Waals surface area contributed by atoms with Crippen molar-refractivity contribution < 1.29 is 23.2 Å². The molecule has 0 aliphatic carbocycles. The minimum atomic E-state index is -4.76. The number of aromatic hydroxyl groups is 2. The van der Waals surface area contributed by atoms with E-state index in [-0.39, 0.29) is 5.02 Å². The SMILES string of the molecule is O=c1[nH]c2ccccc2c(O)c1N=Nc1cc(Cl)cc(S(=O)(=O)O)c1O. The standard InChI is InChI=1S/C15H10ClN3O6S/c16-7-5-10(14(21)11(6-7)26(23,24)25)18-19-12-13(20)8-3-1-2-4-9(8)17-15(12)22/h1-6,21H,(H2,17,20,22)(H,23,24,25). The number of nitrogens with zero attached hydrogens (tertiary/aromatic N) is 2. The number of aromatic amines is 1. The minimum absolute atomic E-state index is 0.152. The lowest BCUT2D eigenvalue weighted by Crippen LogP contribution is -2.05. The molecule has 0 atom stereocenters. The number of phenols is 1. The van der Waals surface area contributed by atoms with Gasteiger partial charge in [-0.1, -0.05) is 23.7 Å². The number of rotatable bonds is 3. The summed E-state index contributed by atoms with van der Waals surface area (Å²) in [6, 6.07) is 8.33. The quantitative estimate of drug-likeness (QED) is 0.394. The van der Waals surface area contributed by atoms with Crippen LogP contribution < -0.4 is 5.56 Å². The molecule has 1 aromatic heterocycles. The molecule has 0 amide bonds. The summed E-state index contributed by atoms with van der Waals surface area (Å²) in [6.45, 7) is 0. The van der Waals surface area contributed by atoms with Crippen LogP contribution in [-0.4, -0.2) is 28.2 Å². The predicted octanol–water partition coefficient (Wildman–Crippen LogP) is 3.25. The van der Waals surface area contributed by atoms with E-state index in [0.717, 1.165) is 12.1 Å². The maximum Gasteiger partial charge on any atom is 0.298 e. The van der Waals surface area contributed by atoms with Crippen LogP contribution in [0.3, 0.4) is 0 Å². The zero-order valence-corrected chi connectivity index (χ0v) is 14.3. The third kappa shape index (κ3) is 3.25. The molecule has 134 valence electrons. The van der Waals surface area contributed by atoms with Crippen LogP contribution in [0.1, 0.15) is 0 Å². The van der Waals surface area contributed by atoms with Crippen LogP contribution in [0, 0.1) is 0 Å². The van der Waals surface area contributed by atoms with Crippen molar-refractivity contribution in [3.05, 3.63) is 51.8 Å². The van der Waals surface area contributed by atoms with Crippen LogP contribution in [-0.2, 0) is 10.1 Å². The van der Waals surface area contributed by atoms with Crippen molar-refractivity contribution in [3.63, 3.8) is 0 Å². The van der Waals surface area contributed by atoms with E-state index in [1.165, 1.54) is 0 Å². The minimum Gasteiger partial charge on any atom is -0.505 e. The van der Waals surface area contributed by atoms with E-state index in [0.29, 0.717) is 10.9 Å². The van der Waals surface area contributed by atoms with Crippen LogP contribution in [0.4, 0.5) is 11.4 Å². The first-order chi connectivity index (χ1) is 12.2. The monoisotopic (exact) mass is 395 g/mol. The lowest BCUT2D eigenvalue weighted by Gasteiger charge is -2.05. The molecule has 0 spiro atoms. The molecule has 2 aromatic carbocycles. The number of phenolic OH excluding ortho intramolecular Hbond substituents is 1. The number of nitrogens with one attached hydrogen (secondary N) is 1. The van der Waals surface area contributed by atoms with Crippen molar-refractivity contribution in [2.45, 2.75) is 4.90 Å². The number of hydrogen-bond donors (Lipinski definition) is 4. The summed E-state index contributed by atoms with van der Waals surface area (Å²) >= 11 is 5.74. The average molecular weight is 396 g/mol. The highest BCUT2D eigenvalue weighted by Gasteiger charge is 2.20. The van der Waals surface area contributed by atoms with E-state index in [1.54, 1.807) is 24.3 Å². The highest BCUT2D eigenvalue weighted by atomic mass is 35.5. The van der Waals surface area contributed by atoms with Crippen molar-refractivity contribution in [3.8, 4) is 11.5 Å². The van der Waals surface area contributed by atoms with Gasteiger partial charge >= 0.3 is 0 Å². The van der Waals surface area contributed by atoms with Gasteiger partial charge in [-0.15, -0.1) is 10.2 Å². The molecule has 9 nitrogen and oxygen atoms in total. The molecule has 1 heterocycles. The van der Waals surface area contributed by atoms with Crippen molar-refractivity contribution in [1.29, 1.82) is 0 Å². The van der Waals surface area contributed by atoms with E-state index in [2.05, 4.69) is 15.2 Å². The Kier molecular flexibility index (Phi) is 4.40. The van der Waals surface area contributed by atoms with Gasteiger partial charge in [-0.2, -0.15) is 8.42 Å². The Labute approximate surface area is 151 Å². The molecule has 0 aliphatic rings. The zero-order valence-electron chi connectivity index (χ0n) is 12.7. The first-order valence-electron chi connectivity index (χ1n) is 6.94. The molecule has 11 heteroatoms. The fourth-order valence-corrected chi connectivity index (χ4v) is 3.15. The third-order valence-corrected chi connectivity index (χ3v) is 4.51. The zero-order chi connectivity index (χ0) is 19.1. The van der Waals surface area contributed by atoms with E-state index in [1.807, 2.05) is 0 Å². The second-order valence-electron chi connectivity index (χ2n) is 5.14. The Balaban J connectivity index is 2.17. The third-order valence-electron chi connectivity index (χ3n) is 3.43. The van der Waals surface area contributed by atoms with Crippen molar-refractivity contribution in [2.24, 2.45) is 10.2 Å². The normalized spacial score (nSPS) is 12.1. The van der Waals surface area contributed by atoms with Gasteiger partial charge in [-0.05, 0) is 24.3 Å². The predicted molar refractivity (Wildman–Crippen MR) is 93.3 cm³/mol. The Morgan fingerprint density at radius 1 is 1.04 bits per heavy atom. The van der Waals surface area contributed by atoms with E-state index in [9.17, 15) is 23.4 Å². The molecular formula is C15H10ClN3O6S. The topological polar surface area (TPSA) is 152 Å². The van der Waals surface area contributed by atoms with Gasteiger partial charge in [-0.3, -0.25) is 9.35 Å². The summed E-state index contributed by atoms with van der Waals surface area (Å²) in [5.41, 5.74) is -1.23. The Morgan fingerprint density at radius 3 is 2.42 bits per heavy atom. The number of pyridine rings is 1. The number of halogens is 1. The van der Waals surface area contributed by atoms with Gasteiger partial charge in [0.25, 0.3) is 15.7 Å². The second kappa shape index (κ2) is 6.41.